The fourth-order valence-corrected chi connectivity index (χ4v) is 4.74. The number of amides is 1. The molecule has 0 aliphatic heterocycles. The van der Waals surface area contributed by atoms with Gasteiger partial charge in [0, 0.05) is 17.3 Å². The van der Waals surface area contributed by atoms with E-state index in [2.05, 4.69) is 5.10 Å². The number of anilines is 1. The zero-order valence-corrected chi connectivity index (χ0v) is 20.5. The molecule has 0 unspecified atom stereocenters. The quantitative estimate of drug-likeness (QED) is 0.344. The monoisotopic (exact) mass is 484 g/mol. The number of ether oxygens (including phenoxy) is 2. The molecule has 2 aromatic heterocycles. The predicted molar refractivity (Wildman–Crippen MR) is 132 cm³/mol. The first-order chi connectivity index (χ1) is 15.9. The summed E-state index contributed by atoms with van der Waals surface area (Å²) in [6.07, 6.45) is 0. The molecule has 2 heterocycles. The number of halogens is 1. The Balaban J connectivity index is 1.58. The minimum Gasteiger partial charge on any atom is -0.497 e. The van der Waals surface area contributed by atoms with Gasteiger partial charge in [-0.05, 0) is 68.8 Å². The minimum atomic E-state index is -0.185. The highest BCUT2D eigenvalue weighted by molar-refractivity contribution is 7.22. The number of benzene rings is 2. The van der Waals surface area contributed by atoms with Gasteiger partial charge in [0.05, 0.1) is 29.6 Å². The second-order valence-electron chi connectivity index (χ2n) is 7.68. The van der Waals surface area contributed by atoms with Crippen LogP contribution in [0.2, 0.25) is 5.02 Å². The molecule has 0 fully saturated rings. The van der Waals surface area contributed by atoms with Crippen molar-refractivity contribution >= 4 is 44.2 Å². The number of aromatic nitrogens is 3. The molecular formula is C24H25ClN4O3S. The van der Waals surface area contributed by atoms with Crippen LogP contribution in [-0.4, -0.2) is 40.9 Å². The number of thiazole rings is 1. The third-order valence-electron chi connectivity index (χ3n) is 5.33. The summed E-state index contributed by atoms with van der Waals surface area (Å²) in [6.45, 7) is 6.74. The molecule has 9 heteroatoms. The number of nitrogens with zero attached hydrogens (tertiary/aromatic N) is 4. The first-order valence-electron chi connectivity index (χ1n) is 10.5. The fraction of sp³-hybridized carbons (Fsp3) is 0.292. The topological polar surface area (TPSA) is 69.5 Å². The van der Waals surface area contributed by atoms with E-state index in [1.54, 1.807) is 36.3 Å². The number of fused-ring (bicyclic) bond motifs is 1. The largest absolute Gasteiger partial charge is 0.497 e. The van der Waals surface area contributed by atoms with Gasteiger partial charge in [0.2, 0.25) is 0 Å². The SMILES string of the molecule is COc1ccc(OCC(=O)N(CCn2nc(C)cc2C)c2nc3c(C)c(Cl)ccc3s2)cc1. The van der Waals surface area contributed by atoms with Crippen LogP contribution in [0, 0.1) is 20.8 Å². The highest BCUT2D eigenvalue weighted by atomic mass is 35.5. The van der Waals surface area contributed by atoms with Crippen LogP contribution in [-0.2, 0) is 11.3 Å². The Morgan fingerprint density at radius 3 is 2.52 bits per heavy atom. The summed E-state index contributed by atoms with van der Waals surface area (Å²) in [5.74, 6) is 1.13. The first kappa shape index (κ1) is 23.1. The molecular weight excluding hydrogens is 460 g/mol. The zero-order valence-electron chi connectivity index (χ0n) is 19.0. The van der Waals surface area contributed by atoms with E-state index in [-0.39, 0.29) is 12.5 Å². The van der Waals surface area contributed by atoms with E-state index in [0.29, 0.717) is 29.0 Å². The minimum absolute atomic E-state index is 0.112. The van der Waals surface area contributed by atoms with Crippen molar-refractivity contribution in [2.24, 2.45) is 0 Å². The van der Waals surface area contributed by atoms with Crippen molar-refractivity contribution in [2.75, 3.05) is 25.2 Å². The highest BCUT2D eigenvalue weighted by Crippen LogP contribution is 2.33. The summed E-state index contributed by atoms with van der Waals surface area (Å²) in [4.78, 5) is 19.7. The van der Waals surface area contributed by atoms with Gasteiger partial charge in [0.25, 0.3) is 5.91 Å². The molecule has 0 saturated carbocycles. The molecule has 0 bridgehead atoms. The van der Waals surface area contributed by atoms with E-state index in [1.165, 1.54) is 11.3 Å². The Hall–Kier alpha value is -3.10. The van der Waals surface area contributed by atoms with Gasteiger partial charge in [-0.3, -0.25) is 14.4 Å². The van der Waals surface area contributed by atoms with Gasteiger partial charge < -0.3 is 9.47 Å². The van der Waals surface area contributed by atoms with Crippen molar-refractivity contribution in [3.63, 3.8) is 0 Å². The Labute approximate surface area is 201 Å². The molecule has 2 aromatic carbocycles. The highest BCUT2D eigenvalue weighted by Gasteiger charge is 2.22. The molecule has 172 valence electrons. The van der Waals surface area contributed by atoms with Crippen LogP contribution in [0.25, 0.3) is 10.2 Å². The Kier molecular flexibility index (Phi) is 6.85. The standard InChI is InChI=1S/C24H25ClN4O3S/c1-15-13-16(2)29(27-15)12-11-28(22(30)14-32-19-7-5-18(31-4)6-8-19)24-26-23-17(3)20(25)9-10-21(23)33-24/h5-10,13H,11-12,14H2,1-4H3. The molecule has 0 aliphatic carbocycles. The van der Waals surface area contributed by atoms with E-state index in [0.717, 1.165) is 32.9 Å². The fourth-order valence-electron chi connectivity index (χ4n) is 3.52. The van der Waals surface area contributed by atoms with Crippen molar-refractivity contribution in [3.05, 3.63) is 64.4 Å². The maximum Gasteiger partial charge on any atom is 0.266 e. The van der Waals surface area contributed by atoms with Gasteiger partial charge in [-0.1, -0.05) is 22.9 Å². The molecule has 0 spiro atoms. The average Bonchev–Trinajstić information content (AvgIpc) is 3.38. The van der Waals surface area contributed by atoms with E-state index in [9.17, 15) is 4.79 Å². The van der Waals surface area contributed by atoms with Gasteiger partial charge >= 0.3 is 0 Å². The summed E-state index contributed by atoms with van der Waals surface area (Å²) >= 11 is 7.74. The number of aryl methyl sites for hydroxylation is 3. The zero-order chi connectivity index (χ0) is 23.5. The molecule has 0 atom stereocenters. The number of methoxy groups -OCH3 is 1. The molecule has 0 radical (unpaired) electrons. The van der Waals surface area contributed by atoms with Gasteiger partial charge in [-0.25, -0.2) is 4.98 Å². The Morgan fingerprint density at radius 1 is 1.12 bits per heavy atom. The lowest BCUT2D eigenvalue weighted by molar-refractivity contribution is -0.120. The lowest BCUT2D eigenvalue weighted by atomic mass is 10.2. The van der Waals surface area contributed by atoms with Crippen molar-refractivity contribution < 1.29 is 14.3 Å². The molecule has 4 aromatic rings. The van der Waals surface area contributed by atoms with E-state index in [1.807, 2.05) is 43.7 Å². The van der Waals surface area contributed by atoms with Crippen molar-refractivity contribution in [3.8, 4) is 11.5 Å². The predicted octanol–water partition coefficient (Wildman–Crippen LogP) is 5.19. The Morgan fingerprint density at radius 2 is 1.85 bits per heavy atom. The number of rotatable bonds is 8. The summed E-state index contributed by atoms with van der Waals surface area (Å²) in [5, 5.41) is 5.78. The molecule has 0 aliphatic rings. The van der Waals surface area contributed by atoms with Crippen LogP contribution in [0.1, 0.15) is 17.0 Å². The van der Waals surface area contributed by atoms with Gasteiger partial charge in [0.1, 0.15) is 11.5 Å². The van der Waals surface area contributed by atoms with Crippen molar-refractivity contribution in [1.29, 1.82) is 0 Å². The third kappa shape index (κ3) is 5.12. The smallest absolute Gasteiger partial charge is 0.266 e. The first-order valence-corrected chi connectivity index (χ1v) is 11.7. The molecule has 1 amide bonds. The van der Waals surface area contributed by atoms with Gasteiger partial charge in [-0.15, -0.1) is 0 Å². The van der Waals surface area contributed by atoms with Crippen molar-refractivity contribution in [1.82, 2.24) is 14.8 Å². The van der Waals surface area contributed by atoms with Crippen LogP contribution < -0.4 is 14.4 Å². The molecule has 4 rings (SSSR count). The van der Waals surface area contributed by atoms with E-state index in [4.69, 9.17) is 26.1 Å². The lowest BCUT2D eigenvalue weighted by Crippen LogP contribution is -2.37. The van der Waals surface area contributed by atoms with Gasteiger partial charge in [-0.2, -0.15) is 5.10 Å². The molecule has 0 saturated heterocycles. The van der Waals surface area contributed by atoms with Crippen LogP contribution in [0.15, 0.2) is 42.5 Å². The Bertz CT molecular complexity index is 1280. The molecule has 33 heavy (non-hydrogen) atoms. The summed E-state index contributed by atoms with van der Waals surface area (Å²) < 4.78 is 13.8. The number of carbonyl (C=O) groups excluding carboxylic acids is 1. The third-order valence-corrected chi connectivity index (χ3v) is 6.78. The van der Waals surface area contributed by atoms with Gasteiger partial charge in [0.15, 0.2) is 11.7 Å². The van der Waals surface area contributed by atoms with Crippen LogP contribution >= 0.6 is 22.9 Å². The summed E-state index contributed by atoms with van der Waals surface area (Å²) in [6, 6.07) is 12.9. The van der Waals surface area contributed by atoms with Crippen LogP contribution in [0.3, 0.4) is 0 Å². The van der Waals surface area contributed by atoms with Crippen LogP contribution in [0.4, 0.5) is 5.13 Å². The van der Waals surface area contributed by atoms with Crippen LogP contribution in [0.5, 0.6) is 11.5 Å². The number of carbonyl (C=O) groups is 1. The van der Waals surface area contributed by atoms with Crippen molar-refractivity contribution in [2.45, 2.75) is 27.3 Å². The molecule has 0 N–H and O–H groups in total. The average molecular weight is 485 g/mol. The summed E-state index contributed by atoms with van der Waals surface area (Å²) in [7, 11) is 1.60. The normalized spacial score (nSPS) is 11.1. The number of hydrogen-bond donors (Lipinski definition) is 0. The maximum atomic E-state index is 13.3. The molecule has 7 nitrogen and oxygen atoms in total. The van der Waals surface area contributed by atoms with E-state index < -0.39 is 0 Å². The van der Waals surface area contributed by atoms with E-state index >= 15 is 0 Å². The number of hydrogen-bond acceptors (Lipinski definition) is 6. The summed E-state index contributed by atoms with van der Waals surface area (Å²) in [5.41, 5.74) is 3.69. The maximum absolute atomic E-state index is 13.3. The lowest BCUT2D eigenvalue weighted by Gasteiger charge is -2.20. The second-order valence-corrected chi connectivity index (χ2v) is 9.09. The second kappa shape index (κ2) is 9.80.